The summed E-state index contributed by atoms with van der Waals surface area (Å²) in [6, 6.07) is 10.0. The van der Waals surface area contributed by atoms with Gasteiger partial charge in [0.1, 0.15) is 23.6 Å². The van der Waals surface area contributed by atoms with Crippen molar-refractivity contribution in [1.29, 1.82) is 0 Å². The van der Waals surface area contributed by atoms with Gasteiger partial charge in [-0.05, 0) is 43.0 Å². The number of likely N-dealkylation sites (tertiary alicyclic amines) is 1. The summed E-state index contributed by atoms with van der Waals surface area (Å²) in [4.78, 5) is 28.0. The van der Waals surface area contributed by atoms with E-state index in [1.807, 2.05) is 23.1 Å². The van der Waals surface area contributed by atoms with Crippen LogP contribution in [0.3, 0.4) is 0 Å². The van der Waals surface area contributed by atoms with Crippen molar-refractivity contribution >= 4 is 17.4 Å². The first-order chi connectivity index (χ1) is 14.1. The minimum atomic E-state index is 0.0254. The van der Waals surface area contributed by atoms with Crippen LogP contribution in [0.25, 0.3) is 0 Å². The van der Waals surface area contributed by atoms with E-state index in [0.717, 1.165) is 63.7 Å². The van der Waals surface area contributed by atoms with Gasteiger partial charge in [-0.1, -0.05) is 6.92 Å². The fraction of sp³-hybridized carbons (Fsp3) is 0.500. The van der Waals surface area contributed by atoms with Crippen LogP contribution in [0.2, 0.25) is 0 Å². The maximum Gasteiger partial charge on any atom is 0.272 e. The highest BCUT2D eigenvalue weighted by Crippen LogP contribution is 2.23. The van der Waals surface area contributed by atoms with E-state index in [-0.39, 0.29) is 5.91 Å². The first-order valence-electron chi connectivity index (χ1n) is 10.4. The first-order valence-corrected chi connectivity index (χ1v) is 10.4. The number of methoxy groups -OCH3 is 1. The molecule has 4 rings (SSSR count). The van der Waals surface area contributed by atoms with Crippen LogP contribution in [-0.2, 0) is 0 Å². The number of ether oxygens (including phenoxy) is 1. The lowest BCUT2D eigenvalue weighted by Gasteiger charge is -2.37. The molecule has 2 aliphatic rings. The first kappa shape index (κ1) is 19.5. The number of hydrogen-bond donors (Lipinski definition) is 0. The minimum Gasteiger partial charge on any atom is -0.497 e. The molecule has 1 aromatic carbocycles. The molecule has 0 aliphatic carbocycles. The third-order valence-corrected chi connectivity index (χ3v) is 5.98. The zero-order valence-corrected chi connectivity index (χ0v) is 17.3. The smallest absolute Gasteiger partial charge is 0.272 e. The predicted molar refractivity (Wildman–Crippen MR) is 114 cm³/mol. The van der Waals surface area contributed by atoms with Crippen molar-refractivity contribution in [2.45, 2.75) is 19.8 Å². The second kappa shape index (κ2) is 8.68. The molecule has 0 N–H and O–H groups in total. The summed E-state index contributed by atoms with van der Waals surface area (Å²) in [6.45, 7) is 7.42. The van der Waals surface area contributed by atoms with Crippen LogP contribution in [-0.4, -0.2) is 67.2 Å². The van der Waals surface area contributed by atoms with Gasteiger partial charge in [0.15, 0.2) is 0 Å². The number of piperazine rings is 1. The minimum absolute atomic E-state index is 0.0254. The molecule has 0 atom stereocenters. The number of carbonyl (C=O) groups is 1. The van der Waals surface area contributed by atoms with Crippen molar-refractivity contribution in [1.82, 2.24) is 14.9 Å². The van der Waals surface area contributed by atoms with Crippen LogP contribution >= 0.6 is 0 Å². The summed E-state index contributed by atoms with van der Waals surface area (Å²) in [5.41, 5.74) is 1.70. The third-order valence-electron chi connectivity index (χ3n) is 5.98. The van der Waals surface area contributed by atoms with Crippen LogP contribution in [0.4, 0.5) is 11.5 Å². The Labute approximate surface area is 172 Å². The maximum absolute atomic E-state index is 12.8. The van der Waals surface area contributed by atoms with Crippen LogP contribution in [0.5, 0.6) is 5.75 Å². The summed E-state index contributed by atoms with van der Waals surface area (Å²) in [6.07, 6.45) is 3.65. The molecule has 0 spiro atoms. The summed E-state index contributed by atoms with van der Waals surface area (Å²) < 4.78 is 5.24. The van der Waals surface area contributed by atoms with E-state index in [1.54, 1.807) is 7.11 Å². The second-order valence-corrected chi connectivity index (χ2v) is 7.91. The molecule has 0 bridgehead atoms. The number of aromatic nitrogens is 2. The molecule has 0 saturated carbocycles. The van der Waals surface area contributed by atoms with E-state index < -0.39 is 0 Å². The SMILES string of the molecule is COc1ccc(N2CCN(c3cc(C(=O)N4CCC(C)CC4)ncn3)CC2)cc1. The Kier molecular flexibility index (Phi) is 5.83. The number of benzene rings is 1. The van der Waals surface area contributed by atoms with Gasteiger partial charge in [0, 0.05) is 51.0 Å². The standard InChI is InChI=1S/C22H29N5O2/c1-17-7-9-27(10-8-17)22(28)20-15-21(24-16-23-20)26-13-11-25(12-14-26)18-3-5-19(29-2)6-4-18/h3-6,15-17H,7-14H2,1-2H3. The summed E-state index contributed by atoms with van der Waals surface area (Å²) in [5, 5.41) is 0. The number of carbonyl (C=O) groups excluding carboxylic acids is 1. The fourth-order valence-corrected chi connectivity index (χ4v) is 4.00. The molecule has 2 aliphatic heterocycles. The number of amides is 1. The van der Waals surface area contributed by atoms with Crippen molar-refractivity contribution in [2.75, 3.05) is 56.2 Å². The van der Waals surface area contributed by atoms with Crippen LogP contribution < -0.4 is 14.5 Å². The van der Waals surface area contributed by atoms with Gasteiger partial charge in [0.25, 0.3) is 5.91 Å². The number of piperidine rings is 1. The summed E-state index contributed by atoms with van der Waals surface area (Å²) in [7, 11) is 1.68. The van der Waals surface area contributed by atoms with Crippen molar-refractivity contribution in [3.63, 3.8) is 0 Å². The van der Waals surface area contributed by atoms with Crippen molar-refractivity contribution in [3.8, 4) is 5.75 Å². The van der Waals surface area contributed by atoms with Crippen molar-refractivity contribution in [2.24, 2.45) is 5.92 Å². The van der Waals surface area contributed by atoms with Gasteiger partial charge in [0.05, 0.1) is 7.11 Å². The lowest BCUT2D eigenvalue weighted by atomic mass is 9.99. The normalized spacial score (nSPS) is 18.1. The molecule has 7 heteroatoms. The number of rotatable bonds is 4. The molecule has 2 saturated heterocycles. The van der Waals surface area contributed by atoms with E-state index in [4.69, 9.17) is 4.74 Å². The monoisotopic (exact) mass is 395 g/mol. The number of nitrogens with zero attached hydrogens (tertiary/aromatic N) is 5. The molecule has 2 aromatic rings. The lowest BCUT2D eigenvalue weighted by molar-refractivity contribution is 0.0691. The molecular weight excluding hydrogens is 366 g/mol. The average molecular weight is 396 g/mol. The highest BCUT2D eigenvalue weighted by molar-refractivity contribution is 5.93. The van der Waals surface area contributed by atoms with Crippen LogP contribution in [0.1, 0.15) is 30.3 Å². The Morgan fingerprint density at radius 2 is 1.62 bits per heavy atom. The molecule has 0 radical (unpaired) electrons. The Bertz CT molecular complexity index is 825. The van der Waals surface area contributed by atoms with E-state index in [9.17, 15) is 4.79 Å². The molecule has 7 nitrogen and oxygen atoms in total. The number of anilines is 2. The van der Waals surface area contributed by atoms with E-state index in [1.165, 1.54) is 12.0 Å². The highest BCUT2D eigenvalue weighted by atomic mass is 16.5. The van der Waals surface area contributed by atoms with Crippen molar-refractivity contribution in [3.05, 3.63) is 42.4 Å². The van der Waals surface area contributed by atoms with Gasteiger partial charge in [-0.15, -0.1) is 0 Å². The molecule has 0 unspecified atom stereocenters. The predicted octanol–water partition coefficient (Wildman–Crippen LogP) is 2.68. The topological polar surface area (TPSA) is 61.8 Å². The molecule has 3 heterocycles. The van der Waals surface area contributed by atoms with Crippen LogP contribution in [0, 0.1) is 5.92 Å². The molecule has 2 fully saturated rings. The Balaban J connectivity index is 1.38. The second-order valence-electron chi connectivity index (χ2n) is 7.91. The van der Waals surface area contributed by atoms with E-state index >= 15 is 0 Å². The fourth-order valence-electron chi connectivity index (χ4n) is 4.00. The van der Waals surface area contributed by atoms with Gasteiger partial charge in [-0.3, -0.25) is 4.79 Å². The highest BCUT2D eigenvalue weighted by Gasteiger charge is 2.24. The maximum atomic E-state index is 12.8. The van der Waals surface area contributed by atoms with Gasteiger partial charge >= 0.3 is 0 Å². The van der Waals surface area contributed by atoms with Gasteiger partial charge in [-0.25, -0.2) is 9.97 Å². The summed E-state index contributed by atoms with van der Waals surface area (Å²) >= 11 is 0. The molecule has 1 aromatic heterocycles. The zero-order chi connectivity index (χ0) is 20.2. The number of hydrogen-bond acceptors (Lipinski definition) is 6. The van der Waals surface area contributed by atoms with Gasteiger partial charge in [-0.2, -0.15) is 0 Å². The Morgan fingerprint density at radius 3 is 2.28 bits per heavy atom. The Morgan fingerprint density at radius 1 is 0.966 bits per heavy atom. The van der Waals surface area contributed by atoms with Crippen molar-refractivity contribution < 1.29 is 9.53 Å². The molecule has 154 valence electrons. The average Bonchev–Trinajstić information content (AvgIpc) is 2.79. The van der Waals surface area contributed by atoms with E-state index in [2.05, 4.69) is 38.8 Å². The zero-order valence-electron chi connectivity index (χ0n) is 17.3. The largest absolute Gasteiger partial charge is 0.497 e. The third kappa shape index (κ3) is 4.44. The molecule has 29 heavy (non-hydrogen) atoms. The quantitative estimate of drug-likeness (QED) is 0.793. The van der Waals surface area contributed by atoms with E-state index in [0.29, 0.717) is 11.6 Å². The van der Waals surface area contributed by atoms with Gasteiger partial charge in [0.2, 0.25) is 0 Å². The van der Waals surface area contributed by atoms with Gasteiger partial charge < -0.3 is 19.4 Å². The summed E-state index contributed by atoms with van der Waals surface area (Å²) in [5.74, 6) is 2.43. The van der Waals surface area contributed by atoms with Crippen LogP contribution in [0.15, 0.2) is 36.7 Å². The lowest BCUT2D eigenvalue weighted by Crippen LogP contribution is -2.47. The molecule has 1 amide bonds. The molecular formula is C22H29N5O2. The Hall–Kier alpha value is -2.83.